The van der Waals surface area contributed by atoms with Crippen LogP contribution in [-0.4, -0.2) is 30.4 Å². The molecule has 0 aromatic heterocycles. The van der Waals surface area contributed by atoms with Gasteiger partial charge in [0, 0.05) is 13.6 Å². The second-order valence-electron chi connectivity index (χ2n) is 5.50. The number of amides is 1. The van der Waals surface area contributed by atoms with Crippen LogP contribution in [0.2, 0.25) is 0 Å². The first-order valence-corrected chi connectivity index (χ1v) is 7.50. The fourth-order valence-electron chi connectivity index (χ4n) is 2.22. The number of ether oxygens (including phenoxy) is 1. The predicted octanol–water partition coefficient (Wildman–Crippen LogP) is 3.66. The molecule has 0 bridgehead atoms. The quantitative estimate of drug-likeness (QED) is 0.597. The van der Waals surface area contributed by atoms with Crippen molar-refractivity contribution in [2.24, 2.45) is 0 Å². The van der Waals surface area contributed by atoms with Crippen molar-refractivity contribution >= 4 is 11.9 Å². The summed E-state index contributed by atoms with van der Waals surface area (Å²) in [5, 5.41) is 0. The summed E-state index contributed by atoms with van der Waals surface area (Å²) in [7, 11) is 1.41. The minimum absolute atomic E-state index is 0.0628. The number of rotatable bonds is 5. The molecule has 0 heterocycles. The summed E-state index contributed by atoms with van der Waals surface area (Å²) < 4.78 is 56.5. The topological polar surface area (TPSA) is 46.6 Å². The number of carbonyl (C=O) groups is 2. The van der Waals surface area contributed by atoms with Crippen molar-refractivity contribution in [2.45, 2.75) is 12.7 Å². The van der Waals surface area contributed by atoms with Gasteiger partial charge in [0.15, 0.2) is 6.61 Å². The monoisotopic (exact) mass is 369 g/mol. The second-order valence-corrected chi connectivity index (χ2v) is 5.50. The minimum Gasteiger partial charge on any atom is -0.452 e. The smallest absolute Gasteiger partial charge is 0.417 e. The second kappa shape index (κ2) is 7.99. The van der Waals surface area contributed by atoms with E-state index >= 15 is 0 Å². The summed E-state index contributed by atoms with van der Waals surface area (Å²) in [6.45, 7) is -0.663. The third-order valence-corrected chi connectivity index (χ3v) is 3.51. The third-order valence-electron chi connectivity index (χ3n) is 3.51. The Balaban J connectivity index is 1.98. The van der Waals surface area contributed by atoms with Gasteiger partial charge in [-0.1, -0.05) is 24.3 Å². The first-order chi connectivity index (χ1) is 12.2. The van der Waals surface area contributed by atoms with Crippen LogP contribution >= 0.6 is 0 Å². The third kappa shape index (κ3) is 5.05. The van der Waals surface area contributed by atoms with E-state index in [1.807, 2.05) is 0 Å². The van der Waals surface area contributed by atoms with E-state index in [1.54, 1.807) is 6.07 Å². The SMILES string of the molecule is CN(Cc1cccc(F)c1)C(=O)COC(=O)c1ccccc1C(F)(F)F. The van der Waals surface area contributed by atoms with E-state index in [0.29, 0.717) is 5.56 Å². The Morgan fingerprint density at radius 1 is 1.08 bits per heavy atom. The highest BCUT2D eigenvalue weighted by Crippen LogP contribution is 2.32. The lowest BCUT2D eigenvalue weighted by atomic mass is 10.1. The summed E-state index contributed by atoms with van der Waals surface area (Å²) in [5.41, 5.74) is -1.28. The first kappa shape index (κ1) is 19.4. The summed E-state index contributed by atoms with van der Waals surface area (Å²) in [6, 6.07) is 9.75. The summed E-state index contributed by atoms with van der Waals surface area (Å²) in [5.74, 6) is -2.34. The molecule has 1 amide bonds. The van der Waals surface area contributed by atoms with Crippen LogP contribution in [0.1, 0.15) is 21.5 Å². The van der Waals surface area contributed by atoms with Crippen LogP contribution in [0.3, 0.4) is 0 Å². The summed E-state index contributed by atoms with van der Waals surface area (Å²) in [6.07, 6.45) is -4.71. The van der Waals surface area contributed by atoms with Crippen LogP contribution in [0.15, 0.2) is 48.5 Å². The van der Waals surface area contributed by atoms with Gasteiger partial charge in [0.1, 0.15) is 5.82 Å². The zero-order chi connectivity index (χ0) is 19.3. The molecule has 0 saturated heterocycles. The van der Waals surface area contributed by atoms with Gasteiger partial charge < -0.3 is 9.64 Å². The van der Waals surface area contributed by atoms with Crippen molar-refractivity contribution in [3.8, 4) is 0 Å². The van der Waals surface area contributed by atoms with Crippen LogP contribution in [0.5, 0.6) is 0 Å². The molecule has 0 N–H and O–H groups in total. The van der Waals surface area contributed by atoms with Crippen LogP contribution < -0.4 is 0 Å². The molecule has 0 saturated carbocycles. The average molecular weight is 369 g/mol. The molecule has 4 nitrogen and oxygen atoms in total. The maximum Gasteiger partial charge on any atom is 0.417 e. The van der Waals surface area contributed by atoms with Gasteiger partial charge in [0.2, 0.25) is 0 Å². The molecule has 0 spiro atoms. The average Bonchev–Trinajstić information content (AvgIpc) is 2.58. The lowest BCUT2D eigenvalue weighted by molar-refractivity contribution is -0.138. The largest absolute Gasteiger partial charge is 0.452 e. The van der Waals surface area contributed by atoms with Crippen molar-refractivity contribution in [1.29, 1.82) is 0 Å². The fraction of sp³-hybridized carbons (Fsp3) is 0.222. The number of carbonyl (C=O) groups excluding carboxylic acids is 2. The van der Waals surface area contributed by atoms with Gasteiger partial charge in [-0.2, -0.15) is 13.2 Å². The molecule has 2 aromatic rings. The van der Waals surface area contributed by atoms with Crippen molar-refractivity contribution < 1.29 is 31.9 Å². The fourth-order valence-corrected chi connectivity index (χ4v) is 2.22. The Morgan fingerprint density at radius 2 is 1.77 bits per heavy atom. The Morgan fingerprint density at radius 3 is 2.42 bits per heavy atom. The number of likely N-dealkylation sites (N-methyl/N-ethyl adjacent to an activating group) is 1. The van der Waals surface area contributed by atoms with Gasteiger partial charge in [-0.25, -0.2) is 9.18 Å². The van der Waals surface area contributed by atoms with E-state index in [1.165, 1.54) is 36.2 Å². The molecule has 2 rings (SSSR count). The number of alkyl halides is 3. The van der Waals surface area contributed by atoms with Gasteiger partial charge in [0.25, 0.3) is 5.91 Å². The molecule has 0 atom stereocenters. The molecule has 138 valence electrons. The normalized spacial score (nSPS) is 11.1. The van der Waals surface area contributed by atoms with E-state index in [-0.39, 0.29) is 6.54 Å². The Labute approximate surface area is 147 Å². The Hall–Kier alpha value is -2.90. The number of benzene rings is 2. The summed E-state index contributed by atoms with van der Waals surface area (Å²) >= 11 is 0. The van der Waals surface area contributed by atoms with Gasteiger partial charge in [0.05, 0.1) is 11.1 Å². The maximum absolute atomic E-state index is 13.1. The van der Waals surface area contributed by atoms with E-state index in [9.17, 15) is 27.2 Å². The van der Waals surface area contributed by atoms with E-state index in [4.69, 9.17) is 4.74 Å². The van der Waals surface area contributed by atoms with Crippen molar-refractivity contribution in [3.63, 3.8) is 0 Å². The van der Waals surface area contributed by atoms with Gasteiger partial charge in [-0.15, -0.1) is 0 Å². The van der Waals surface area contributed by atoms with Crippen LogP contribution in [-0.2, 0) is 22.3 Å². The number of halogens is 4. The number of nitrogens with zero attached hydrogens (tertiary/aromatic N) is 1. The minimum atomic E-state index is -4.71. The predicted molar refractivity (Wildman–Crippen MR) is 84.6 cm³/mol. The van der Waals surface area contributed by atoms with Gasteiger partial charge in [-0.3, -0.25) is 4.79 Å². The molecule has 0 unspecified atom stereocenters. The highest BCUT2D eigenvalue weighted by Gasteiger charge is 2.35. The number of hydrogen-bond acceptors (Lipinski definition) is 3. The molecule has 0 fully saturated rings. The lowest BCUT2D eigenvalue weighted by Gasteiger charge is -2.18. The molecule has 0 aliphatic heterocycles. The van der Waals surface area contributed by atoms with Crippen molar-refractivity contribution in [3.05, 3.63) is 71.0 Å². The molecule has 8 heteroatoms. The standard InChI is InChI=1S/C18H15F4NO3/c1-23(10-12-5-4-6-13(19)9-12)16(24)11-26-17(25)14-7-2-3-8-15(14)18(20,21)22/h2-9H,10-11H2,1H3. The van der Waals surface area contributed by atoms with Gasteiger partial charge in [-0.05, 0) is 29.8 Å². The van der Waals surface area contributed by atoms with Crippen LogP contribution in [0, 0.1) is 5.82 Å². The van der Waals surface area contributed by atoms with Gasteiger partial charge >= 0.3 is 12.1 Å². The van der Waals surface area contributed by atoms with Crippen molar-refractivity contribution in [2.75, 3.05) is 13.7 Å². The Kier molecular flexibility index (Phi) is 5.97. The zero-order valence-corrected chi connectivity index (χ0v) is 13.7. The van der Waals surface area contributed by atoms with Crippen LogP contribution in [0.4, 0.5) is 17.6 Å². The molecule has 0 aliphatic rings. The van der Waals surface area contributed by atoms with E-state index < -0.39 is 41.6 Å². The first-order valence-electron chi connectivity index (χ1n) is 7.50. The van der Waals surface area contributed by atoms with E-state index in [0.717, 1.165) is 18.2 Å². The molecular weight excluding hydrogens is 354 g/mol. The number of esters is 1. The molecule has 26 heavy (non-hydrogen) atoms. The molecular formula is C18H15F4NO3. The highest BCUT2D eigenvalue weighted by atomic mass is 19.4. The summed E-state index contributed by atoms with van der Waals surface area (Å²) in [4.78, 5) is 25.1. The number of hydrogen-bond donors (Lipinski definition) is 0. The lowest BCUT2D eigenvalue weighted by Crippen LogP contribution is -2.31. The highest BCUT2D eigenvalue weighted by molar-refractivity contribution is 5.93. The Bertz CT molecular complexity index is 805. The zero-order valence-electron chi connectivity index (χ0n) is 13.7. The molecule has 0 radical (unpaired) electrons. The van der Waals surface area contributed by atoms with Crippen LogP contribution in [0.25, 0.3) is 0 Å². The maximum atomic E-state index is 13.1. The molecule has 0 aliphatic carbocycles. The van der Waals surface area contributed by atoms with E-state index in [2.05, 4.69) is 0 Å². The molecule has 2 aromatic carbocycles. The van der Waals surface area contributed by atoms with Crippen molar-refractivity contribution in [1.82, 2.24) is 4.90 Å².